The Labute approximate surface area is 233 Å². The van der Waals surface area contributed by atoms with E-state index in [1.54, 1.807) is 93.6 Å². The Hall–Kier alpha value is -4.34. The zero-order valence-electron chi connectivity index (χ0n) is 23.0. The molecule has 0 bridgehead atoms. The van der Waals surface area contributed by atoms with Gasteiger partial charge in [0.2, 0.25) is 12.7 Å². The molecular weight excluding hydrogens is 529 g/mol. The first-order valence-corrected chi connectivity index (χ1v) is 14.2. The van der Waals surface area contributed by atoms with Crippen LogP contribution in [-0.4, -0.2) is 37.5 Å². The quantitative estimate of drug-likeness (QED) is 0.203. The Morgan fingerprint density at radius 3 is 1.73 bits per heavy atom. The van der Waals surface area contributed by atoms with E-state index in [0.29, 0.717) is 27.3 Å². The summed E-state index contributed by atoms with van der Waals surface area (Å²) in [4.78, 5) is 52.7. The molecule has 0 aliphatic carbocycles. The first kappa shape index (κ1) is 30.2. The van der Waals surface area contributed by atoms with Gasteiger partial charge in [-0.25, -0.2) is 0 Å². The molecule has 8 nitrogen and oxygen atoms in total. The van der Waals surface area contributed by atoms with Crippen molar-refractivity contribution in [2.24, 2.45) is 11.8 Å². The molecule has 2 atom stereocenters. The number of benzene rings is 3. The molecule has 0 radical (unpaired) electrons. The van der Waals surface area contributed by atoms with Crippen LogP contribution < -0.4 is 10.6 Å². The summed E-state index contributed by atoms with van der Waals surface area (Å²) in [6.45, 7) is 4.99. The van der Waals surface area contributed by atoms with Crippen molar-refractivity contribution in [2.45, 2.75) is 27.2 Å². The van der Waals surface area contributed by atoms with Gasteiger partial charge in [0, 0.05) is 28.2 Å². The van der Waals surface area contributed by atoms with E-state index >= 15 is 0 Å². The van der Waals surface area contributed by atoms with E-state index in [0.717, 1.165) is 14.2 Å². The van der Waals surface area contributed by atoms with Gasteiger partial charge < -0.3 is 14.0 Å². The molecule has 0 spiro atoms. The Balaban J connectivity index is 2.18. The third-order valence-electron chi connectivity index (χ3n) is 6.90. The molecule has 0 saturated carbocycles. The topological polar surface area (TPSA) is 128 Å². The fourth-order valence-corrected chi connectivity index (χ4v) is 7.60. The zero-order valence-corrected chi connectivity index (χ0v) is 23.9. The number of ether oxygens (including phenoxy) is 2. The van der Waals surface area contributed by atoms with Gasteiger partial charge in [-0.05, 0) is 37.5 Å². The highest BCUT2D eigenvalue weighted by Crippen LogP contribution is 2.48. The molecule has 0 heterocycles. The highest BCUT2D eigenvalue weighted by molar-refractivity contribution is 7.93. The number of Topliss-reactive ketones (excluding diaryl/α,β-unsaturated/α-hetero) is 1. The smallest absolute Gasteiger partial charge is 0.323 e. The normalized spacial score (nSPS) is 12.5. The second-order valence-corrected chi connectivity index (χ2v) is 12.0. The molecule has 0 amide bonds. The van der Waals surface area contributed by atoms with Gasteiger partial charge in [-0.2, -0.15) is 5.26 Å². The average molecular weight is 560 g/mol. The van der Waals surface area contributed by atoms with Crippen LogP contribution in [0.2, 0.25) is 0 Å². The summed E-state index contributed by atoms with van der Waals surface area (Å²) in [5, 5.41) is 10.3. The van der Waals surface area contributed by atoms with Crippen LogP contribution in [0, 0.1) is 43.9 Å². The molecule has 2 unspecified atom stereocenters. The summed E-state index contributed by atoms with van der Waals surface area (Å²) in [6.07, 6.45) is -0.534. The van der Waals surface area contributed by atoms with Crippen LogP contribution in [0.5, 0.6) is 0 Å². The molecule has 206 valence electrons. The van der Waals surface area contributed by atoms with Crippen LogP contribution in [0.1, 0.15) is 43.8 Å². The van der Waals surface area contributed by atoms with Gasteiger partial charge in [-0.15, -0.1) is 0 Å². The number of carbonyl (C=O) groups is 4. The number of hydrogen-bond donors (Lipinski definition) is 0. The van der Waals surface area contributed by atoms with Crippen molar-refractivity contribution in [3.05, 3.63) is 94.5 Å². The maximum absolute atomic E-state index is 14.7. The number of aryl methyl sites for hydroxylation is 2. The fraction of sp³-hybridized carbons (Fsp3) is 0.258. The molecule has 40 heavy (non-hydrogen) atoms. The molecule has 3 aromatic rings. The number of methoxy groups -OCH3 is 2. The number of rotatable bonds is 10. The van der Waals surface area contributed by atoms with Gasteiger partial charge in [-0.3, -0.25) is 19.2 Å². The molecule has 0 aliphatic rings. The number of ketones is 1. The maximum Gasteiger partial charge on any atom is 0.323 e. The molecule has 0 N–H and O–H groups in total. The van der Waals surface area contributed by atoms with Crippen molar-refractivity contribution in [3.8, 4) is 6.07 Å². The number of nitrogens with zero attached hydrogens (tertiary/aromatic N) is 1. The summed E-state index contributed by atoms with van der Waals surface area (Å²) in [7, 11) is -1.70. The van der Waals surface area contributed by atoms with Crippen LogP contribution in [0.4, 0.5) is 0 Å². The lowest BCUT2D eigenvalue weighted by molar-refractivity contribution is -0.155. The van der Waals surface area contributed by atoms with Crippen molar-refractivity contribution in [1.29, 1.82) is 5.26 Å². The monoisotopic (exact) mass is 559 g/mol. The van der Waals surface area contributed by atoms with Crippen LogP contribution >= 0.6 is 7.14 Å². The number of nitriles is 1. The molecule has 0 saturated heterocycles. The summed E-state index contributed by atoms with van der Waals surface area (Å²) in [6, 6.07) is 20.3. The first-order chi connectivity index (χ1) is 19.0. The maximum atomic E-state index is 14.7. The van der Waals surface area contributed by atoms with Crippen LogP contribution in [0.25, 0.3) is 0 Å². The average Bonchev–Trinajstić information content (AvgIpc) is 2.96. The SMILES string of the molecule is COC(=O)C(C#N)C(CC(=O)c1c(C)cc(C)c(C(=O)P(=O)(c2ccccc2)c2ccccc2)c1C)C(=O)OC. The molecule has 0 fully saturated rings. The standard InChI is InChI=1S/C31H30NO7P/c1-19-16-20(2)28(31(36)40(37,22-12-8-6-9-13-22)23-14-10-7-11-15-23)21(3)27(19)26(33)17-24(29(34)38-4)25(18-32)30(35)39-5/h6-16,24-25H,17H2,1-5H3. The predicted octanol–water partition coefficient (Wildman–Crippen LogP) is 4.44. The van der Waals surface area contributed by atoms with Gasteiger partial charge in [0.1, 0.15) is 0 Å². The second-order valence-electron chi connectivity index (χ2n) is 9.36. The number of carbonyl (C=O) groups excluding carboxylic acids is 4. The number of esters is 2. The van der Waals surface area contributed by atoms with E-state index < -0.39 is 48.6 Å². The Bertz CT molecular complexity index is 1500. The Morgan fingerprint density at radius 1 is 0.800 bits per heavy atom. The van der Waals surface area contributed by atoms with Crippen molar-refractivity contribution in [2.75, 3.05) is 14.2 Å². The first-order valence-electron chi connectivity index (χ1n) is 12.5. The molecule has 3 rings (SSSR count). The van der Waals surface area contributed by atoms with Crippen molar-refractivity contribution in [1.82, 2.24) is 0 Å². The zero-order chi connectivity index (χ0) is 29.6. The van der Waals surface area contributed by atoms with E-state index in [9.17, 15) is 29.0 Å². The summed E-state index contributed by atoms with van der Waals surface area (Å²) in [5.41, 5.74) is 1.04. The van der Waals surface area contributed by atoms with Gasteiger partial charge in [-0.1, -0.05) is 66.7 Å². The molecule has 3 aromatic carbocycles. The summed E-state index contributed by atoms with van der Waals surface area (Å²) >= 11 is 0. The van der Waals surface area contributed by atoms with E-state index in [-0.39, 0.29) is 11.1 Å². The Morgan fingerprint density at radius 2 is 1.27 bits per heavy atom. The largest absolute Gasteiger partial charge is 0.469 e. The second kappa shape index (κ2) is 12.7. The van der Waals surface area contributed by atoms with Crippen LogP contribution in [0.3, 0.4) is 0 Å². The van der Waals surface area contributed by atoms with Gasteiger partial charge in [0.05, 0.1) is 26.2 Å². The molecular formula is C31H30NO7P. The Kier molecular flexibility index (Phi) is 9.57. The molecule has 0 aromatic heterocycles. The lowest BCUT2D eigenvalue weighted by atomic mass is 9.84. The minimum absolute atomic E-state index is 0.143. The highest BCUT2D eigenvalue weighted by atomic mass is 31.2. The summed E-state index contributed by atoms with van der Waals surface area (Å²) in [5.74, 6) is -5.44. The van der Waals surface area contributed by atoms with Crippen molar-refractivity contribution in [3.63, 3.8) is 0 Å². The predicted molar refractivity (Wildman–Crippen MR) is 150 cm³/mol. The summed E-state index contributed by atoms with van der Waals surface area (Å²) < 4.78 is 24.2. The van der Waals surface area contributed by atoms with E-state index in [4.69, 9.17) is 4.74 Å². The van der Waals surface area contributed by atoms with Crippen molar-refractivity contribution < 1.29 is 33.2 Å². The molecule has 0 aliphatic heterocycles. The highest BCUT2D eigenvalue weighted by Gasteiger charge is 2.40. The van der Waals surface area contributed by atoms with Gasteiger partial charge in [0.15, 0.2) is 11.7 Å². The van der Waals surface area contributed by atoms with Crippen LogP contribution in [0.15, 0.2) is 66.7 Å². The van der Waals surface area contributed by atoms with Crippen molar-refractivity contribution >= 4 is 41.0 Å². The molecule has 9 heteroatoms. The number of hydrogen-bond acceptors (Lipinski definition) is 8. The minimum atomic E-state index is -3.87. The van der Waals surface area contributed by atoms with E-state index in [1.807, 2.05) is 0 Å². The lowest BCUT2D eigenvalue weighted by Crippen LogP contribution is -2.33. The third kappa shape index (κ3) is 5.66. The minimum Gasteiger partial charge on any atom is -0.469 e. The lowest BCUT2D eigenvalue weighted by Gasteiger charge is -2.23. The fourth-order valence-electron chi connectivity index (χ4n) is 4.98. The van der Waals surface area contributed by atoms with Gasteiger partial charge in [0.25, 0.3) is 0 Å². The van der Waals surface area contributed by atoms with E-state index in [2.05, 4.69) is 4.74 Å². The van der Waals surface area contributed by atoms with Crippen LogP contribution in [-0.2, 0) is 23.6 Å². The third-order valence-corrected chi connectivity index (χ3v) is 9.74. The van der Waals surface area contributed by atoms with Gasteiger partial charge >= 0.3 is 11.9 Å². The van der Waals surface area contributed by atoms with E-state index in [1.165, 1.54) is 0 Å².